The number of carbonyl (C=O) groups is 1. The molecule has 1 aromatic rings. The molecule has 0 heterocycles. The highest BCUT2D eigenvalue weighted by Gasteiger charge is 2.38. The minimum Gasteiger partial charge on any atom is -0.477 e. The van der Waals surface area contributed by atoms with E-state index in [1.165, 1.54) is 18.2 Å². The van der Waals surface area contributed by atoms with Gasteiger partial charge in [-0.2, -0.15) is 0 Å². The van der Waals surface area contributed by atoms with Crippen molar-refractivity contribution in [1.29, 1.82) is 0 Å². The molecule has 0 spiro atoms. The zero-order valence-electron chi connectivity index (χ0n) is 8.02. The van der Waals surface area contributed by atoms with Crippen LogP contribution in [0.5, 0.6) is 0 Å². The number of aliphatic hydroxyl groups is 1. The van der Waals surface area contributed by atoms with Gasteiger partial charge in [0.2, 0.25) is 0 Å². The summed E-state index contributed by atoms with van der Waals surface area (Å²) in [6, 6.07) is 5.73. The summed E-state index contributed by atoms with van der Waals surface area (Å²) in [5, 5.41) is 18.4. The molecule has 1 rings (SSSR count). The molecule has 0 aliphatic rings. The van der Waals surface area contributed by atoms with E-state index in [1.807, 2.05) is 0 Å². The van der Waals surface area contributed by atoms with E-state index in [0.717, 1.165) is 7.11 Å². The Morgan fingerprint density at radius 1 is 1.62 bits per heavy atom. The lowest BCUT2D eigenvalue weighted by atomic mass is 10.1. The highest BCUT2D eigenvalue weighted by Crippen LogP contribution is 2.21. The van der Waals surface area contributed by atoms with Crippen LogP contribution in [0.3, 0.4) is 0 Å². The number of benzene rings is 1. The van der Waals surface area contributed by atoms with Crippen LogP contribution in [-0.2, 0) is 15.3 Å². The first kappa shape index (κ1) is 8.22. The number of aliphatic carboxylic acids is 1. The Morgan fingerprint density at radius 2 is 2.31 bits per heavy atom. The van der Waals surface area contributed by atoms with Crippen molar-refractivity contribution in [1.82, 2.24) is 0 Å². The molecule has 2 N–H and O–H groups in total. The second-order valence-corrected chi connectivity index (χ2v) is 2.43. The lowest BCUT2D eigenvalue weighted by molar-refractivity contribution is -0.219. The second-order valence-electron chi connectivity index (χ2n) is 2.43. The molecule has 0 fully saturated rings. The van der Waals surface area contributed by atoms with Crippen LogP contribution in [0, 0.1) is 0 Å². The average Bonchev–Trinajstić information content (AvgIpc) is 2.17. The Bertz CT molecular complexity index is 352. The van der Waals surface area contributed by atoms with Crippen molar-refractivity contribution in [3.05, 3.63) is 35.9 Å². The quantitative estimate of drug-likeness (QED) is 0.672. The predicted octanol–water partition coefficient (Wildman–Crippen LogP) is 0.563. The minimum absolute atomic E-state index is 0.0840. The topological polar surface area (TPSA) is 66.8 Å². The molecule has 0 amide bonds. The van der Waals surface area contributed by atoms with Gasteiger partial charge in [-0.15, -0.1) is 0 Å². The zero-order valence-corrected chi connectivity index (χ0v) is 7.02. The molecule has 1 atom stereocenters. The molecule has 0 saturated carbocycles. The van der Waals surface area contributed by atoms with Crippen LogP contribution in [0.15, 0.2) is 30.3 Å². The van der Waals surface area contributed by atoms with Crippen LogP contribution in [0.25, 0.3) is 0 Å². The van der Waals surface area contributed by atoms with Crippen LogP contribution in [0.4, 0.5) is 0 Å². The van der Waals surface area contributed by atoms with Gasteiger partial charge in [-0.25, -0.2) is 4.79 Å². The Hall–Kier alpha value is -1.39. The van der Waals surface area contributed by atoms with Gasteiger partial charge in [-0.3, -0.25) is 0 Å². The van der Waals surface area contributed by atoms with Crippen LogP contribution in [0.2, 0.25) is 0 Å². The van der Waals surface area contributed by atoms with Crippen molar-refractivity contribution < 1.29 is 21.1 Å². The average molecular weight is 183 g/mol. The second kappa shape index (κ2) is 3.55. The van der Waals surface area contributed by atoms with Gasteiger partial charge in [0.15, 0.2) is 0 Å². The molecule has 0 saturated heterocycles. The molecule has 4 nitrogen and oxygen atoms in total. The molecular formula is C9H10O4. The van der Waals surface area contributed by atoms with Crippen molar-refractivity contribution >= 4 is 5.97 Å². The van der Waals surface area contributed by atoms with Crippen molar-refractivity contribution in [2.24, 2.45) is 0 Å². The molecule has 1 unspecified atom stereocenters. The largest absolute Gasteiger partial charge is 0.477 e. The van der Waals surface area contributed by atoms with Gasteiger partial charge in [0, 0.05) is 12.7 Å². The Balaban J connectivity index is 3.26. The summed E-state index contributed by atoms with van der Waals surface area (Å²) in [6.45, 7) is 0. The summed E-state index contributed by atoms with van der Waals surface area (Å²) in [4.78, 5) is 10.7. The minimum atomic E-state index is -2.45. The maximum atomic E-state index is 10.7. The molecule has 1 aromatic carbocycles. The van der Waals surface area contributed by atoms with E-state index in [1.54, 1.807) is 6.07 Å². The number of methoxy groups -OCH3 is 1. The van der Waals surface area contributed by atoms with E-state index in [-0.39, 0.29) is 11.6 Å². The van der Waals surface area contributed by atoms with Crippen molar-refractivity contribution in [2.75, 3.05) is 7.11 Å². The fraction of sp³-hybridized carbons (Fsp3) is 0.222. The molecule has 0 aromatic heterocycles. The molecule has 0 aliphatic carbocycles. The number of carboxylic acids is 1. The summed E-state index contributed by atoms with van der Waals surface area (Å²) in [6.07, 6.45) is 0. The smallest absolute Gasteiger partial charge is 0.369 e. The first-order valence-electron chi connectivity index (χ1n) is 4.09. The fourth-order valence-electron chi connectivity index (χ4n) is 0.917. The maximum Gasteiger partial charge on any atom is 0.369 e. The molecule has 13 heavy (non-hydrogen) atoms. The fourth-order valence-corrected chi connectivity index (χ4v) is 0.917. The van der Waals surface area contributed by atoms with E-state index in [4.69, 9.17) is 6.48 Å². The first-order valence-corrected chi connectivity index (χ1v) is 3.59. The molecule has 0 radical (unpaired) electrons. The Kier molecular flexibility index (Phi) is 2.25. The van der Waals surface area contributed by atoms with Crippen LogP contribution < -0.4 is 0 Å². The normalized spacial score (nSPS) is 16.0. The van der Waals surface area contributed by atoms with E-state index in [9.17, 15) is 9.90 Å². The van der Waals surface area contributed by atoms with Gasteiger partial charge in [0.1, 0.15) is 0 Å². The Morgan fingerprint density at radius 3 is 2.77 bits per heavy atom. The van der Waals surface area contributed by atoms with E-state index < -0.39 is 11.8 Å². The highest BCUT2D eigenvalue weighted by molar-refractivity contribution is 5.77. The summed E-state index contributed by atoms with van der Waals surface area (Å²) in [5.41, 5.74) is -0.0880. The molecule has 0 aliphatic heterocycles. The number of hydrogen-bond donors (Lipinski definition) is 2. The van der Waals surface area contributed by atoms with Gasteiger partial charge < -0.3 is 14.9 Å². The zero-order chi connectivity index (χ0) is 10.8. The number of ether oxygens (including phenoxy) is 1. The Labute approximate surface area is 76.8 Å². The predicted molar refractivity (Wildman–Crippen MR) is 45.0 cm³/mol. The van der Waals surface area contributed by atoms with Crippen molar-refractivity contribution in [3.63, 3.8) is 0 Å². The van der Waals surface area contributed by atoms with Gasteiger partial charge in [0.05, 0.1) is 1.37 Å². The summed E-state index contributed by atoms with van der Waals surface area (Å²) in [7, 11) is 1.07. The van der Waals surface area contributed by atoms with Crippen LogP contribution in [-0.4, -0.2) is 23.3 Å². The standard InChI is InChI=1S/C9H10O4/c1-13-9(12,8(10)11)7-5-3-2-4-6-7/h2-6,12H,1H3,(H,10,11)/i5D. The molecular weight excluding hydrogens is 172 g/mol. The molecule has 70 valence electrons. The third kappa shape index (κ3) is 1.68. The van der Waals surface area contributed by atoms with Crippen LogP contribution >= 0.6 is 0 Å². The number of hydrogen-bond acceptors (Lipinski definition) is 3. The summed E-state index contributed by atoms with van der Waals surface area (Å²) < 4.78 is 11.9. The SMILES string of the molecule is [2H]c1ccccc1C(O)(OC)C(=O)O. The number of carboxylic acid groups (broad SMARTS) is 1. The summed E-state index contributed by atoms with van der Waals surface area (Å²) in [5.74, 6) is -3.99. The molecule has 4 heteroatoms. The van der Waals surface area contributed by atoms with Crippen molar-refractivity contribution in [2.45, 2.75) is 5.79 Å². The van der Waals surface area contributed by atoms with Gasteiger partial charge in [-0.05, 0) is 0 Å². The third-order valence-corrected chi connectivity index (χ3v) is 1.66. The lowest BCUT2D eigenvalue weighted by Crippen LogP contribution is -2.37. The third-order valence-electron chi connectivity index (χ3n) is 1.66. The first-order chi connectivity index (χ1) is 6.52. The van der Waals surface area contributed by atoms with Crippen molar-refractivity contribution in [3.8, 4) is 0 Å². The highest BCUT2D eigenvalue weighted by atomic mass is 16.6. The molecule has 0 bridgehead atoms. The van der Waals surface area contributed by atoms with Gasteiger partial charge in [-0.1, -0.05) is 30.3 Å². The monoisotopic (exact) mass is 183 g/mol. The lowest BCUT2D eigenvalue weighted by Gasteiger charge is -2.21. The van der Waals surface area contributed by atoms with E-state index in [0.29, 0.717) is 0 Å². The summed E-state index contributed by atoms with van der Waals surface area (Å²) >= 11 is 0. The van der Waals surface area contributed by atoms with Gasteiger partial charge in [0.25, 0.3) is 5.79 Å². The van der Waals surface area contributed by atoms with E-state index >= 15 is 0 Å². The number of rotatable bonds is 3. The van der Waals surface area contributed by atoms with E-state index in [2.05, 4.69) is 4.74 Å². The van der Waals surface area contributed by atoms with Crippen LogP contribution in [0.1, 0.15) is 6.93 Å². The maximum absolute atomic E-state index is 10.7. The van der Waals surface area contributed by atoms with Gasteiger partial charge >= 0.3 is 5.97 Å².